The van der Waals surface area contributed by atoms with E-state index < -0.39 is 20.0 Å². The van der Waals surface area contributed by atoms with E-state index in [1.54, 1.807) is 0 Å². The third-order valence-electron chi connectivity index (χ3n) is 11.8. The summed E-state index contributed by atoms with van der Waals surface area (Å²) in [6.07, 6.45) is 72.6. The highest BCUT2D eigenvalue weighted by Crippen LogP contribution is 2.38. The highest BCUT2D eigenvalue weighted by molar-refractivity contribution is 7.45. The Hall–Kier alpha value is -2.84. The zero-order valence-electron chi connectivity index (χ0n) is 45.0. The molecule has 0 bridgehead atoms. The molecule has 396 valence electrons. The second-order valence-corrected chi connectivity index (χ2v) is 21.0. The molecular weight excluding hydrogens is 876 g/mol. The van der Waals surface area contributed by atoms with E-state index in [1.807, 2.05) is 21.1 Å². The molecule has 0 saturated carbocycles. The molecule has 0 rings (SSSR count). The molecule has 0 aliphatic heterocycles. The first-order chi connectivity index (χ1) is 33.5. The number of nitrogens with zero attached hydrogens (tertiary/aromatic N) is 1. The molecule has 1 amide bonds. The van der Waals surface area contributed by atoms with Crippen LogP contribution in [0.3, 0.4) is 0 Å². The van der Waals surface area contributed by atoms with E-state index in [2.05, 4.69) is 129 Å². The number of hydrogen-bond donors (Lipinski definition) is 2. The fraction of sp³-hybridized carbons (Fsp3) is 0.683. The van der Waals surface area contributed by atoms with Gasteiger partial charge in [0, 0.05) is 6.42 Å². The maximum Gasteiger partial charge on any atom is 0.268 e. The minimum atomic E-state index is -4.60. The second-order valence-electron chi connectivity index (χ2n) is 19.6. The number of amides is 1. The van der Waals surface area contributed by atoms with Gasteiger partial charge in [-0.25, -0.2) is 0 Å². The Balaban J connectivity index is 4.36. The maximum absolute atomic E-state index is 12.9. The molecule has 0 heterocycles. The van der Waals surface area contributed by atoms with Gasteiger partial charge in [0.15, 0.2) is 0 Å². The largest absolute Gasteiger partial charge is 0.756 e. The fourth-order valence-corrected chi connectivity index (χ4v) is 8.18. The molecule has 3 atom stereocenters. The lowest BCUT2D eigenvalue weighted by atomic mass is 10.0. The lowest BCUT2D eigenvalue weighted by Gasteiger charge is -2.30. The third-order valence-corrected chi connectivity index (χ3v) is 12.7. The van der Waals surface area contributed by atoms with E-state index in [1.165, 1.54) is 96.3 Å². The SMILES string of the molecule is CC/C=C\C/C=C\C/C=C\C/C=C\C/C=C\C/C=C\C/C=C\C/C=C\C/C=C\CCCC(=O)NC(COP(=O)([O-])OCC[N+](C)(C)C)C(O)CCCCCCCCCCCCCCCCCCCC. The normalized spacial score (nSPS) is 14.8. The van der Waals surface area contributed by atoms with Crippen molar-refractivity contribution in [3.63, 3.8) is 0 Å². The van der Waals surface area contributed by atoms with Crippen LogP contribution >= 0.6 is 7.82 Å². The van der Waals surface area contributed by atoms with Crippen LogP contribution < -0.4 is 10.2 Å². The van der Waals surface area contributed by atoms with Gasteiger partial charge in [-0.1, -0.05) is 239 Å². The van der Waals surface area contributed by atoms with Gasteiger partial charge < -0.3 is 28.8 Å². The molecular formula is C60H105N2O6P. The molecule has 0 aliphatic carbocycles. The third kappa shape index (κ3) is 52.8. The quantitative estimate of drug-likeness (QED) is 0.0272. The first-order valence-corrected chi connectivity index (χ1v) is 29.2. The van der Waals surface area contributed by atoms with Crippen LogP contribution in [0, 0.1) is 0 Å². The molecule has 9 heteroatoms. The van der Waals surface area contributed by atoms with Gasteiger partial charge in [0.2, 0.25) is 5.91 Å². The summed E-state index contributed by atoms with van der Waals surface area (Å²) in [5.74, 6) is -0.226. The van der Waals surface area contributed by atoms with Crippen LogP contribution in [0.15, 0.2) is 109 Å². The lowest BCUT2D eigenvalue weighted by molar-refractivity contribution is -0.870. The Bertz CT molecular complexity index is 1490. The molecule has 0 saturated heterocycles. The van der Waals surface area contributed by atoms with Gasteiger partial charge in [-0.15, -0.1) is 0 Å². The molecule has 8 nitrogen and oxygen atoms in total. The van der Waals surface area contributed by atoms with E-state index in [0.29, 0.717) is 23.9 Å². The number of allylic oxidation sites excluding steroid dienone is 18. The van der Waals surface area contributed by atoms with Crippen molar-refractivity contribution in [3.05, 3.63) is 109 Å². The van der Waals surface area contributed by atoms with Crippen LogP contribution in [0.5, 0.6) is 0 Å². The molecule has 0 radical (unpaired) electrons. The molecule has 2 N–H and O–H groups in total. The van der Waals surface area contributed by atoms with Gasteiger partial charge in [-0.05, 0) is 77.0 Å². The van der Waals surface area contributed by atoms with E-state index in [4.69, 9.17) is 9.05 Å². The van der Waals surface area contributed by atoms with Crippen molar-refractivity contribution in [1.29, 1.82) is 0 Å². The van der Waals surface area contributed by atoms with Crippen LogP contribution in [0.25, 0.3) is 0 Å². The monoisotopic (exact) mass is 981 g/mol. The van der Waals surface area contributed by atoms with Crippen molar-refractivity contribution in [2.75, 3.05) is 40.9 Å². The zero-order valence-corrected chi connectivity index (χ0v) is 45.9. The molecule has 3 unspecified atom stereocenters. The predicted octanol–water partition coefficient (Wildman–Crippen LogP) is 16.2. The number of hydrogen-bond acceptors (Lipinski definition) is 6. The number of rotatable bonds is 49. The van der Waals surface area contributed by atoms with E-state index >= 15 is 0 Å². The van der Waals surface area contributed by atoms with Crippen molar-refractivity contribution >= 4 is 13.7 Å². The van der Waals surface area contributed by atoms with Crippen LogP contribution in [0.1, 0.15) is 213 Å². The standard InChI is InChI=1S/C60H105N2O6P/c1-6-8-10-12-14-16-18-20-22-24-26-27-28-29-30-31-32-33-34-35-36-38-40-42-44-46-48-50-52-54-60(64)61-58(57-68-69(65,66)67-56-55-62(3,4)5)59(63)53-51-49-47-45-43-41-39-37-25-23-21-19-17-15-13-11-9-7-2/h8,10,14,16,20,22,26-27,29-30,32-33,35-36,40,42,46,48,58-59,63H,6-7,9,11-13,15,17-19,21,23-25,28,31,34,37-39,41,43-45,47,49-57H2,1-5H3,(H-,61,64,65,66)/b10-8-,16-14-,22-20-,27-26-,30-29-,33-32-,36-35-,42-40-,48-46-. The zero-order chi connectivity index (χ0) is 50.6. The summed E-state index contributed by atoms with van der Waals surface area (Å²) in [4.78, 5) is 25.5. The number of quaternary nitrogens is 1. The van der Waals surface area contributed by atoms with Crippen LogP contribution in [0.2, 0.25) is 0 Å². The average Bonchev–Trinajstić information content (AvgIpc) is 3.31. The molecule has 69 heavy (non-hydrogen) atoms. The highest BCUT2D eigenvalue weighted by Gasteiger charge is 2.24. The number of carbonyl (C=O) groups excluding carboxylic acids is 1. The number of phosphoric acid groups is 1. The molecule has 0 fully saturated rings. The van der Waals surface area contributed by atoms with Crippen molar-refractivity contribution in [2.45, 2.75) is 225 Å². The van der Waals surface area contributed by atoms with E-state index in [0.717, 1.165) is 83.5 Å². The molecule has 0 spiro atoms. The number of likely N-dealkylation sites (N-methyl/N-ethyl adjacent to an activating group) is 1. The summed E-state index contributed by atoms with van der Waals surface area (Å²) in [5.41, 5.74) is 0. The van der Waals surface area contributed by atoms with Crippen LogP contribution in [-0.4, -0.2) is 68.5 Å². The van der Waals surface area contributed by atoms with Gasteiger partial charge in [0.25, 0.3) is 7.82 Å². The minimum absolute atomic E-state index is 0.00471. The second kappa shape index (κ2) is 50.1. The summed E-state index contributed by atoms with van der Waals surface area (Å²) in [7, 11) is 1.25. The van der Waals surface area contributed by atoms with Crippen molar-refractivity contribution in [2.24, 2.45) is 0 Å². The maximum atomic E-state index is 12.9. The first-order valence-electron chi connectivity index (χ1n) is 27.7. The van der Waals surface area contributed by atoms with Gasteiger partial charge >= 0.3 is 0 Å². The molecule has 0 aromatic heterocycles. The van der Waals surface area contributed by atoms with Crippen molar-refractivity contribution in [1.82, 2.24) is 5.32 Å². The number of carbonyl (C=O) groups is 1. The number of phosphoric ester groups is 1. The van der Waals surface area contributed by atoms with Gasteiger partial charge in [-0.3, -0.25) is 9.36 Å². The summed E-state index contributed by atoms with van der Waals surface area (Å²) in [6.45, 7) is 4.56. The molecule has 0 aliphatic rings. The lowest BCUT2D eigenvalue weighted by Crippen LogP contribution is -2.46. The van der Waals surface area contributed by atoms with Gasteiger partial charge in [-0.2, -0.15) is 0 Å². The smallest absolute Gasteiger partial charge is 0.268 e. The Morgan fingerprint density at radius 2 is 0.870 bits per heavy atom. The summed E-state index contributed by atoms with van der Waals surface area (Å²) in [5, 5.41) is 14.0. The first kappa shape index (κ1) is 66.2. The summed E-state index contributed by atoms with van der Waals surface area (Å²) < 4.78 is 23.4. The van der Waals surface area contributed by atoms with Gasteiger partial charge in [0.05, 0.1) is 39.9 Å². The van der Waals surface area contributed by atoms with Crippen molar-refractivity contribution in [3.8, 4) is 0 Å². The number of unbranched alkanes of at least 4 members (excludes halogenated alkanes) is 18. The summed E-state index contributed by atoms with van der Waals surface area (Å²) in [6, 6.07) is -0.840. The number of aliphatic hydroxyl groups excluding tert-OH is 1. The van der Waals surface area contributed by atoms with E-state index in [-0.39, 0.29) is 25.5 Å². The van der Waals surface area contributed by atoms with E-state index in [9.17, 15) is 19.4 Å². The Morgan fingerprint density at radius 1 is 0.522 bits per heavy atom. The molecule has 0 aromatic carbocycles. The predicted molar refractivity (Wildman–Crippen MR) is 297 cm³/mol. The average molecular weight is 981 g/mol. The van der Waals surface area contributed by atoms with Gasteiger partial charge in [0.1, 0.15) is 13.2 Å². The highest BCUT2D eigenvalue weighted by atomic mass is 31.2. The fourth-order valence-electron chi connectivity index (χ4n) is 7.45. The molecule has 0 aromatic rings. The Labute approximate surface area is 425 Å². The van der Waals surface area contributed by atoms with Crippen LogP contribution in [-0.2, 0) is 18.4 Å². The number of aliphatic hydroxyl groups is 1. The van der Waals surface area contributed by atoms with Crippen LogP contribution in [0.4, 0.5) is 0 Å². The topological polar surface area (TPSA) is 108 Å². The van der Waals surface area contributed by atoms with Crippen molar-refractivity contribution < 1.29 is 32.9 Å². The summed E-state index contributed by atoms with van der Waals surface area (Å²) >= 11 is 0. The Morgan fingerprint density at radius 3 is 1.23 bits per heavy atom. The minimum Gasteiger partial charge on any atom is -0.756 e. The Kier molecular flexibility index (Phi) is 48.1. The number of nitrogens with one attached hydrogen (secondary N) is 1.